The highest BCUT2D eigenvalue weighted by Gasteiger charge is 2.35. The van der Waals surface area contributed by atoms with E-state index in [9.17, 15) is 0 Å². The SMILES string of the molecule is Cc1ccc(N)c(N2CCOC3CCCCC32)n1. The molecule has 1 aromatic rings. The number of morpholine rings is 1. The first-order valence-electron chi connectivity index (χ1n) is 6.87. The van der Waals surface area contributed by atoms with Crippen LogP contribution in [-0.2, 0) is 4.74 Å². The second-order valence-corrected chi connectivity index (χ2v) is 5.32. The first kappa shape index (κ1) is 11.8. The molecule has 1 saturated heterocycles. The molecule has 0 bridgehead atoms. The fourth-order valence-corrected chi connectivity index (χ4v) is 3.14. The first-order chi connectivity index (χ1) is 8.75. The fourth-order valence-electron chi connectivity index (χ4n) is 3.14. The van der Waals surface area contributed by atoms with Gasteiger partial charge < -0.3 is 15.4 Å². The van der Waals surface area contributed by atoms with Gasteiger partial charge >= 0.3 is 0 Å². The molecule has 98 valence electrons. The summed E-state index contributed by atoms with van der Waals surface area (Å²) >= 11 is 0. The van der Waals surface area contributed by atoms with Crippen molar-refractivity contribution in [2.24, 2.45) is 0 Å². The van der Waals surface area contributed by atoms with Crippen molar-refractivity contribution in [3.63, 3.8) is 0 Å². The summed E-state index contributed by atoms with van der Waals surface area (Å²) in [5.74, 6) is 0.954. The van der Waals surface area contributed by atoms with Gasteiger partial charge in [-0.2, -0.15) is 0 Å². The molecule has 0 amide bonds. The largest absolute Gasteiger partial charge is 0.396 e. The molecule has 2 fully saturated rings. The van der Waals surface area contributed by atoms with Gasteiger partial charge in [0.05, 0.1) is 24.4 Å². The third-order valence-electron chi connectivity index (χ3n) is 4.05. The number of aryl methyl sites for hydroxylation is 1. The maximum absolute atomic E-state index is 6.10. The average Bonchev–Trinajstić information content (AvgIpc) is 2.41. The van der Waals surface area contributed by atoms with Crippen molar-refractivity contribution in [2.75, 3.05) is 23.8 Å². The Morgan fingerprint density at radius 2 is 2.17 bits per heavy atom. The Kier molecular flexibility index (Phi) is 3.12. The van der Waals surface area contributed by atoms with Crippen LogP contribution in [0.5, 0.6) is 0 Å². The summed E-state index contributed by atoms with van der Waals surface area (Å²) in [4.78, 5) is 7.00. The highest BCUT2D eigenvalue weighted by atomic mass is 16.5. The van der Waals surface area contributed by atoms with Gasteiger partial charge in [-0.15, -0.1) is 0 Å². The molecule has 0 aromatic carbocycles. The van der Waals surface area contributed by atoms with Gasteiger partial charge in [0.25, 0.3) is 0 Å². The molecular formula is C14H21N3O. The van der Waals surface area contributed by atoms with Crippen molar-refractivity contribution in [3.8, 4) is 0 Å². The molecule has 1 aliphatic carbocycles. The van der Waals surface area contributed by atoms with Gasteiger partial charge in [-0.05, 0) is 31.9 Å². The number of nitrogens with zero attached hydrogens (tertiary/aromatic N) is 2. The van der Waals surface area contributed by atoms with Crippen molar-refractivity contribution in [1.82, 2.24) is 4.98 Å². The minimum atomic E-state index is 0.370. The third-order valence-corrected chi connectivity index (χ3v) is 4.05. The van der Waals surface area contributed by atoms with Crippen molar-refractivity contribution in [3.05, 3.63) is 17.8 Å². The Balaban J connectivity index is 1.91. The van der Waals surface area contributed by atoms with Crippen LogP contribution in [-0.4, -0.2) is 30.3 Å². The number of nitrogens with two attached hydrogens (primary N) is 1. The van der Waals surface area contributed by atoms with E-state index in [1.807, 2.05) is 19.1 Å². The number of pyridine rings is 1. The summed E-state index contributed by atoms with van der Waals surface area (Å²) in [6.07, 6.45) is 5.31. The quantitative estimate of drug-likeness (QED) is 0.826. The number of hydrogen-bond acceptors (Lipinski definition) is 4. The summed E-state index contributed by atoms with van der Waals surface area (Å²) in [7, 11) is 0. The first-order valence-corrected chi connectivity index (χ1v) is 6.87. The van der Waals surface area contributed by atoms with Crippen molar-refractivity contribution >= 4 is 11.5 Å². The molecule has 0 spiro atoms. The number of ether oxygens (including phenoxy) is 1. The van der Waals surface area contributed by atoms with E-state index in [1.54, 1.807) is 0 Å². The van der Waals surface area contributed by atoms with Crippen molar-refractivity contribution < 1.29 is 4.74 Å². The summed E-state index contributed by atoms with van der Waals surface area (Å²) in [5.41, 5.74) is 7.91. The second-order valence-electron chi connectivity index (χ2n) is 5.32. The lowest BCUT2D eigenvalue weighted by atomic mass is 9.90. The molecule has 1 saturated carbocycles. The number of aromatic nitrogens is 1. The average molecular weight is 247 g/mol. The molecule has 2 aliphatic rings. The Morgan fingerprint density at radius 1 is 1.33 bits per heavy atom. The normalized spacial score (nSPS) is 27.9. The molecular weight excluding hydrogens is 226 g/mol. The van der Waals surface area contributed by atoms with E-state index >= 15 is 0 Å². The van der Waals surface area contributed by atoms with Crippen LogP contribution in [0.15, 0.2) is 12.1 Å². The third kappa shape index (κ3) is 2.05. The van der Waals surface area contributed by atoms with Gasteiger partial charge in [0.2, 0.25) is 0 Å². The molecule has 2 unspecified atom stereocenters. The molecule has 0 radical (unpaired) electrons. The van der Waals surface area contributed by atoms with Crippen LogP contribution in [0.2, 0.25) is 0 Å². The summed E-state index contributed by atoms with van der Waals surface area (Å²) < 4.78 is 5.89. The topological polar surface area (TPSA) is 51.4 Å². The Morgan fingerprint density at radius 3 is 3.06 bits per heavy atom. The molecule has 4 nitrogen and oxygen atoms in total. The number of rotatable bonds is 1. The Labute approximate surface area is 108 Å². The fraction of sp³-hybridized carbons (Fsp3) is 0.643. The maximum atomic E-state index is 6.10. The molecule has 2 N–H and O–H groups in total. The van der Waals surface area contributed by atoms with Crippen LogP contribution in [0.1, 0.15) is 31.4 Å². The van der Waals surface area contributed by atoms with Gasteiger partial charge in [-0.25, -0.2) is 4.98 Å². The van der Waals surface area contributed by atoms with Crippen LogP contribution in [0, 0.1) is 6.92 Å². The van der Waals surface area contributed by atoms with Gasteiger partial charge in [0, 0.05) is 12.2 Å². The van der Waals surface area contributed by atoms with Crippen LogP contribution < -0.4 is 10.6 Å². The van der Waals surface area contributed by atoms with E-state index in [2.05, 4.69) is 9.88 Å². The zero-order chi connectivity index (χ0) is 12.5. The molecule has 18 heavy (non-hydrogen) atoms. The van der Waals surface area contributed by atoms with E-state index in [4.69, 9.17) is 10.5 Å². The van der Waals surface area contributed by atoms with E-state index in [1.165, 1.54) is 25.7 Å². The molecule has 3 rings (SSSR count). The predicted octanol–water partition coefficient (Wildman–Crippen LogP) is 2.12. The predicted molar refractivity (Wildman–Crippen MR) is 72.7 cm³/mol. The molecule has 2 atom stereocenters. The van der Waals surface area contributed by atoms with E-state index in [0.29, 0.717) is 12.1 Å². The lowest BCUT2D eigenvalue weighted by Crippen LogP contribution is -2.53. The highest BCUT2D eigenvalue weighted by Crippen LogP contribution is 2.33. The smallest absolute Gasteiger partial charge is 0.152 e. The van der Waals surface area contributed by atoms with Crippen molar-refractivity contribution in [2.45, 2.75) is 44.8 Å². The molecule has 2 heterocycles. The lowest BCUT2D eigenvalue weighted by Gasteiger charge is -2.44. The van der Waals surface area contributed by atoms with Crippen LogP contribution in [0.4, 0.5) is 11.5 Å². The summed E-state index contributed by atoms with van der Waals surface area (Å²) in [6.45, 7) is 3.71. The minimum Gasteiger partial charge on any atom is -0.396 e. The molecule has 1 aromatic heterocycles. The molecule has 1 aliphatic heterocycles. The van der Waals surface area contributed by atoms with E-state index in [-0.39, 0.29) is 0 Å². The summed E-state index contributed by atoms with van der Waals surface area (Å²) in [5, 5.41) is 0. The zero-order valence-corrected chi connectivity index (χ0v) is 10.9. The second kappa shape index (κ2) is 4.76. The van der Waals surface area contributed by atoms with Gasteiger partial charge in [0.1, 0.15) is 0 Å². The van der Waals surface area contributed by atoms with Crippen LogP contribution >= 0.6 is 0 Å². The number of anilines is 2. The van der Waals surface area contributed by atoms with E-state index in [0.717, 1.165) is 30.4 Å². The van der Waals surface area contributed by atoms with Crippen LogP contribution in [0.3, 0.4) is 0 Å². The summed E-state index contributed by atoms with van der Waals surface area (Å²) in [6, 6.07) is 4.40. The van der Waals surface area contributed by atoms with Crippen molar-refractivity contribution in [1.29, 1.82) is 0 Å². The highest BCUT2D eigenvalue weighted by molar-refractivity contribution is 5.63. The Hall–Kier alpha value is -1.29. The van der Waals surface area contributed by atoms with Gasteiger partial charge in [0.15, 0.2) is 5.82 Å². The Bertz CT molecular complexity index is 433. The number of fused-ring (bicyclic) bond motifs is 1. The maximum Gasteiger partial charge on any atom is 0.152 e. The number of hydrogen-bond donors (Lipinski definition) is 1. The standard InChI is InChI=1S/C14H21N3O/c1-10-6-7-11(15)14(16-10)17-8-9-18-13-5-3-2-4-12(13)17/h6-7,12-13H,2-5,8-9,15H2,1H3. The van der Waals surface area contributed by atoms with E-state index < -0.39 is 0 Å². The number of nitrogen functional groups attached to an aromatic ring is 1. The lowest BCUT2D eigenvalue weighted by molar-refractivity contribution is -0.00893. The van der Waals surface area contributed by atoms with Gasteiger partial charge in [-0.1, -0.05) is 12.8 Å². The van der Waals surface area contributed by atoms with Crippen LogP contribution in [0.25, 0.3) is 0 Å². The van der Waals surface area contributed by atoms with Gasteiger partial charge in [-0.3, -0.25) is 0 Å². The zero-order valence-electron chi connectivity index (χ0n) is 10.9. The minimum absolute atomic E-state index is 0.370. The molecule has 4 heteroatoms. The monoisotopic (exact) mass is 247 g/mol.